The molecule has 1 unspecified atom stereocenters. The van der Waals surface area contributed by atoms with E-state index >= 15 is 0 Å². The third-order valence-corrected chi connectivity index (χ3v) is 3.69. The van der Waals surface area contributed by atoms with Gasteiger partial charge in [0.2, 0.25) is 5.91 Å². The highest BCUT2D eigenvalue weighted by Crippen LogP contribution is 2.14. The number of carbonyl (C=O) groups is 1. The second-order valence-corrected chi connectivity index (χ2v) is 5.34. The molecule has 0 bridgehead atoms. The average Bonchev–Trinajstić information content (AvgIpc) is 2.53. The molecule has 1 atom stereocenters. The third-order valence-electron chi connectivity index (χ3n) is 3.69. The Kier molecular flexibility index (Phi) is 8.24. The molecule has 0 aliphatic carbocycles. The van der Waals surface area contributed by atoms with Crippen LogP contribution in [0, 0.1) is 0 Å². The van der Waals surface area contributed by atoms with Crippen molar-refractivity contribution in [2.24, 2.45) is 0 Å². The number of ether oxygens (including phenoxy) is 2. The van der Waals surface area contributed by atoms with E-state index in [9.17, 15) is 4.79 Å². The Morgan fingerprint density at radius 3 is 2.82 bits per heavy atom. The first-order chi connectivity index (χ1) is 10.2. The SMILES string of the molecule is COc1cccc(COC(C)C(=O)NC2CCNCC2)c1.Cl. The Bertz CT molecular complexity index is 464. The van der Waals surface area contributed by atoms with Gasteiger partial charge in [-0.05, 0) is 50.6 Å². The fourth-order valence-corrected chi connectivity index (χ4v) is 2.34. The second kappa shape index (κ2) is 9.66. The molecule has 2 rings (SSSR count). The van der Waals surface area contributed by atoms with Crippen LogP contribution in [-0.4, -0.2) is 38.3 Å². The predicted molar refractivity (Wildman–Crippen MR) is 88.5 cm³/mol. The van der Waals surface area contributed by atoms with Crippen molar-refractivity contribution in [1.29, 1.82) is 0 Å². The number of nitrogens with one attached hydrogen (secondary N) is 2. The minimum Gasteiger partial charge on any atom is -0.497 e. The van der Waals surface area contributed by atoms with Gasteiger partial charge in [0.05, 0.1) is 13.7 Å². The van der Waals surface area contributed by atoms with E-state index in [4.69, 9.17) is 9.47 Å². The minimum absolute atomic E-state index is 0. The van der Waals surface area contributed by atoms with Gasteiger partial charge in [0.1, 0.15) is 11.9 Å². The molecular formula is C16H25ClN2O3. The lowest BCUT2D eigenvalue weighted by Crippen LogP contribution is -2.46. The molecule has 0 saturated carbocycles. The first-order valence-corrected chi connectivity index (χ1v) is 7.44. The fraction of sp³-hybridized carbons (Fsp3) is 0.562. The number of hydrogen-bond acceptors (Lipinski definition) is 4. The summed E-state index contributed by atoms with van der Waals surface area (Å²) in [7, 11) is 1.63. The highest BCUT2D eigenvalue weighted by molar-refractivity contribution is 5.85. The van der Waals surface area contributed by atoms with Gasteiger partial charge in [-0.1, -0.05) is 12.1 Å². The van der Waals surface area contributed by atoms with Gasteiger partial charge in [-0.25, -0.2) is 0 Å². The zero-order valence-corrected chi connectivity index (χ0v) is 13.9. The molecule has 1 aliphatic heterocycles. The van der Waals surface area contributed by atoms with Crippen molar-refractivity contribution < 1.29 is 14.3 Å². The molecular weight excluding hydrogens is 304 g/mol. The normalized spacial score (nSPS) is 16.5. The summed E-state index contributed by atoms with van der Waals surface area (Å²) in [5.41, 5.74) is 0.996. The summed E-state index contributed by atoms with van der Waals surface area (Å²) in [5.74, 6) is 0.757. The van der Waals surface area contributed by atoms with Crippen molar-refractivity contribution in [3.8, 4) is 5.75 Å². The van der Waals surface area contributed by atoms with Crippen LogP contribution in [0.1, 0.15) is 25.3 Å². The summed E-state index contributed by atoms with van der Waals surface area (Å²) in [4.78, 5) is 12.1. The lowest BCUT2D eigenvalue weighted by molar-refractivity contribution is -0.133. The summed E-state index contributed by atoms with van der Waals surface area (Å²) in [5, 5.41) is 6.33. The molecule has 1 aromatic rings. The molecule has 22 heavy (non-hydrogen) atoms. The third kappa shape index (κ3) is 5.83. The van der Waals surface area contributed by atoms with Crippen molar-refractivity contribution in [3.05, 3.63) is 29.8 Å². The van der Waals surface area contributed by atoms with Crippen LogP contribution in [-0.2, 0) is 16.1 Å². The van der Waals surface area contributed by atoms with Crippen LogP contribution in [0.4, 0.5) is 0 Å². The largest absolute Gasteiger partial charge is 0.497 e. The fourth-order valence-electron chi connectivity index (χ4n) is 2.34. The van der Waals surface area contributed by atoms with E-state index in [0.29, 0.717) is 6.61 Å². The van der Waals surface area contributed by atoms with Crippen LogP contribution in [0.5, 0.6) is 5.75 Å². The second-order valence-electron chi connectivity index (χ2n) is 5.34. The Morgan fingerprint density at radius 2 is 2.14 bits per heavy atom. The number of piperidine rings is 1. The summed E-state index contributed by atoms with van der Waals surface area (Å²) < 4.78 is 10.8. The van der Waals surface area contributed by atoms with Gasteiger partial charge in [-0.3, -0.25) is 4.79 Å². The van der Waals surface area contributed by atoms with Gasteiger partial charge < -0.3 is 20.1 Å². The zero-order chi connectivity index (χ0) is 15.1. The maximum atomic E-state index is 12.1. The standard InChI is InChI=1S/C16H24N2O3.ClH/c1-12(16(19)18-14-6-8-17-9-7-14)21-11-13-4-3-5-15(10-13)20-2;/h3-5,10,12,14,17H,6-9,11H2,1-2H3,(H,18,19);1H. The molecule has 124 valence electrons. The highest BCUT2D eigenvalue weighted by Gasteiger charge is 2.19. The Hall–Kier alpha value is -1.30. The lowest BCUT2D eigenvalue weighted by Gasteiger charge is -2.25. The molecule has 1 aliphatic rings. The van der Waals surface area contributed by atoms with Gasteiger partial charge in [0, 0.05) is 6.04 Å². The van der Waals surface area contributed by atoms with E-state index in [1.54, 1.807) is 14.0 Å². The van der Waals surface area contributed by atoms with Crippen LogP contribution in [0.3, 0.4) is 0 Å². The topological polar surface area (TPSA) is 59.6 Å². The van der Waals surface area contributed by atoms with E-state index in [1.807, 2.05) is 24.3 Å². The minimum atomic E-state index is -0.453. The summed E-state index contributed by atoms with van der Waals surface area (Å²) in [6, 6.07) is 7.94. The van der Waals surface area contributed by atoms with Crippen molar-refractivity contribution in [1.82, 2.24) is 10.6 Å². The number of carbonyl (C=O) groups excluding carboxylic acids is 1. The molecule has 1 fully saturated rings. The monoisotopic (exact) mass is 328 g/mol. The molecule has 0 aromatic heterocycles. The number of rotatable bonds is 6. The quantitative estimate of drug-likeness (QED) is 0.837. The maximum Gasteiger partial charge on any atom is 0.249 e. The van der Waals surface area contributed by atoms with Gasteiger partial charge in [-0.2, -0.15) is 0 Å². The number of benzene rings is 1. The molecule has 2 N–H and O–H groups in total. The van der Waals surface area contributed by atoms with Crippen LogP contribution in [0.25, 0.3) is 0 Å². The summed E-state index contributed by atoms with van der Waals surface area (Å²) >= 11 is 0. The van der Waals surface area contributed by atoms with Gasteiger partial charge in [0.15, 0.2) is 0 Å². The smallest absolute Gasteiger partial charge is 0.249 e. The Balaban J connectivity index is 0.00000242. The van der Waals surface area contributed by atoms with Gasteiger partial charge >= 0.3 is 0 Å². The van der Waals surface area contributed by atoms with Crippen molar-refractivity contribution >= 4 is 18.3 Å². The first kappa shape index (κ1) is 18.7. The van der Waals surface area contributed by atoms with E-state index in [0.717, 1.165) is 37.2 Å². The highest BCUT2D eigenvalue weighted by atomic mass is 35.5. The number of hydrogen-bond donors (Lipinski definition) is 2. The Morgan fingerprint density at radius 1 is 1.41 bits per heavy atom. The predicted octanol–water partition coefficient (Wildman–Crippen LogP) is 1.89. The van der Waals surface area contributed by atoms with E-state index in [2.05, 4.69) is 10.6 Å². The lowest BCUT2D eigenvalue weighted by atomic mass is 10.1. The molecule has 0 spiro atoms. The molecule has 1 saturated heterocycles. The van der Waals surface area contributed by atoms with Gasteiger partial charge in [-0.15, -0.1) is 12.4 Å². The molecule has 1 amide bonds. The first-order valence-electron chi connectivity index (χ1n) is 7.44. The summed E-state index contributed by atoms with van der Waals surface area (Å²) in [6.07, 6.45) is 1.51. The Labute approximate surface area is 138 Å². The molecule has 0 radical (unpaired) electrons. The van der Waals surface area contributed by atoms with Gasteiger partial charge in [0.25, 0.3) is 0 Å². The van der Waals surface area contributed by atoms with Crippen LogP contribution in [0.15, 0.2) is 24.3 Å². The maximum absolute atomic E-state index is 12.1. The van der Waals surface area contributed by atoms with E-state index in [-0.39, 0.29) is 24.4 Å². The van der Waals surface area contributed by atoms with Crippen LogP contribution < -0.4 is 15.4 Å². The van der Waals surface area contributed by atoms with Crippen molar-refractivity contribution in [3.63, 3.8) is 0 Å². The average molecular weight is 329 g/mol. The molecule has 1 aromatic carbocycles. The number of amides is 1. The van der Waals surface area contributed by atoms with Crippen molar-refractivity contribution in [2.45, 2.75) is 38.5 Å². The van der Waals surface area contributed by atoms with Crippen LogP contribution in [0.2, 0.25) is 0 Å². The zero-order valence-electron chi connectivity index (χ0n) is 13.1. The van der Waals surface area contributed by atoms with Crippen LogP contribution >= 0.6 is 12.4 Å². The summed E-state index contributed by atoms with van der Waals surface area (Å²) in [6.45, 7) is 4.11. The van der Waals surface area contributed by atoms with E-state index in [1.165, 1.54) is 0 Å². The molecule has 5 nitrogen and oxygen atoms in total. The van der Waals surface area contributed by atoms with E-state index < -0.39 is 6.10 Å². The van der Waals surface area contributed by atoms with Crippen molar-refractivity contribution in [2.75, 3.05) is 20.2 Å². The number of halogens is 1. The number of methoxy groups -OCH3 is 1. The molecule has 1 heterocycles. The molecule has 6 heteroatoms.